The van der Waals surface area contributed by atoms with E-state index < -0.39 is 10.9 Å². The number of hydrogen-bond donors (Lipinski definition) is 1. The highest BCUT2D eigenvalue weighted by Crippen LogP contribution is 2.33. The van der Waals surface area contributed by atoms with Crippen LogP contribution in [0.2, 0.25) is 0 Å². The molecule has 0 radical (unpaired) electrons. The summed E-state index contributed by atoms with van der Waals surface area (Å²) in [6, 6.07) is 5.93. The van der Waals surface area contributed by atoms with Crippen LogP contribution in [0, 0.1) is 10.1 Å². The van der Waals surface area contributed by atoms with Crippen LogP contribution in [0.1, 0.15) is 10.4 Å². The van der Waals surface area contributed by atoms with Crippen LogP contribution in [0.5, 0.6) is 11.6 Å². The van der Waals surface area contributed by atoms with Crippen molar-refractivity contribution in [1.29, 1.82) is 0 Å². The molecule has 1 heterocycles. The number of carbonyl (C=O) groups is 1. The van der Waals surface area contributed by atoms with Crippen molar-refractivity contribution in [2.24, 2.45) is 0 Å². The number of nitrogens with one attached hydrogen (secondary N) is 1. The molecule has 1 aromatic heterocycles. The van der Waals surface area contributed by atoms with Crippen molar-refractivity contribution in [3.05, 3.63) is 46.3 Å². The first kappa shape index (κ1) is 15.2. The molecule has 0 saturated carbocycles. The molecule has 1 aromatic carbocycles. The highest BCUT2D eigenvalue weighted by Gasteiger charge is 2.24. The molecule has 0 fully saturated rings. The van der Waals surface area contributed by atoms with Crippen molar-refractivity contribution >= 4 is 17.5 Å². The molecule has 114 valence electrons. The van der Waals surface area contributed by atoms with Crippen LogP contribution in [0.3, 0.4) is 0 Å². The van der Waals surface area contributed by atoms with Gasteiger partial charge < -0.3 is 14.8 Å². The summed E-state index contributed by atoms with van der Waals surface area (Å²) < 4.78 is 9.97. The van der Waals surface area contributed by atoms with Crippen LogP contribution in [0.15, 0.2) is 30.6 Å². The minimum absolute atomic E-state index is 0.0428. The second-order valence-electron chi connectivity index (χ2n) is 4.00. The van der Waals surface area contributed by atoms with E-state index in [1.165, 1.54) is 38.4 Å². The molecule has 0 aliphatic rings. The van der Waals surface area contributed by atoms with Crippen LogP contribution in [-0.2, 0) is 4.74 Å². The number of aromatic nitrogens is 2. The number of ether oxygens (including phenoxy) is 2. The van der Waals surface area contributed by atoms with Gasteiger partial charge in [0.2, 0.25) is 5.82 Å². The summed E-state index contributed by atoms with van der Waals surface area (Å²) >= 11 is 0. The van der Waals surface area contributed by atoms with Crippen LogP contribution < -0.4 is 10.1 Å². The first-order valence-electron chi connectivity index (χ1n) is 6.10. The summed E-state index contributed by atoms with van der Waals surface area (Å²) in [5.41, 5.74) is -0.0370. The van der Waals surface area contributed by atoms with E-state index in [2.05, 4.69) is 20.0 Å². The van der Waals surface area contributed by atoms with Gasteiger partial charge in [0.1, 0.15) is 12.1 Å². The Kier molecular flexibility index (Phi) is 4.47. The smallest absolute Gasteiger partial charge is 0.373 e. The molecule has 0 aliphatic heterocycles. The van der Waals surface area contributed by atoms with Gasteiger partial charge in [-0.1, -0.05) is 0 Å². The van der Waals surface area contributed by atoms with Crippen LogP contribution in [-0.4, -0.2) is 35.0 Å². The summed E-state index contributed by atoms with van der Waals surface area (Å²) in [6.45, 7) is 0. The Morgan fingerprint density at radius 2 is 1.95 bits per heavy atom. The molecule has 0 bridgehead atoms. The molecule has 9 heteroatoms. The highest BCUT2D eigenvalue weighted by molar-refractivity contribution is 5.89. The Bertz CT molecular complexity index is 702. The van der Waals surface area contributed by atoms with Crippen LogP contribution in [0.4, 0.5) is 11.5 Å². The third-order valence-corrected chi connectivity index (χ3v) is 2.70. The number of anilines is 1. The van der Waals surface area contributed by atoms with Gasteiger partial charge in [-0.25, -0.2) is 9.78 Å². The third-order valence-electron chi connectivity index (χ3n) is 2.70. The van der Waals surface area contributed by atoms with Crippen molar-refractivity contribution in [1.82, 2.24) is 9.97 Å². The van der Waals surface area contributed by atoms with Gasteiger partial charge in [0.05, 0.1) is 17.6 Å². The van der Waals surface area contributed by atoms with Crippen LogP contribution in [0.25, 0.3) is 0 Å². The fourth-order valence-electron chi connectivity index (χ4n) is 1.67. The number of hydrogen-bond acceptors (Lipinski definition) is 8. The standard InChI is InChI=1S/C13H12N4O5/c1-14-11-10(17(19)20)12(16-7-15-11)22-9-5-3-8(4-6-9)13(18)21-2/h3-7H,1-2H3,(H,14,15,16). The Labute approximate surface area is 125 Å². The molecular formula is C13H12N4O5. The van der Waals surface area contributed by atoms with Crippen molar-refractivity contribution in [2.45, 2.75) is 0 Å². The SMILES string of the molecule is CNc1ncnc(Oc2ccc(C(=O)OC)cc2)c1[N+](=O)[O-]. The highest BCUT2D eigenvalue weighted by atomic mass is 16.6. The summed E-state index contributed by atoms with van der Waals surface area (Å²) in [6.07, 6.45) is 1.15. The van der Waals surface area contributed by atoms with E-state index in [-0.39, 0.29) is 23.1 Å². The molecule has 0 aliphatic carbocycles. The Hall–Kier alpha value is -3.23. The van der Waals surface area contributed by atoms with Gasteiger partial charge >= 0.3 is 17.5 Å². The van der Waals surface area contributed by atoms with Crippen molar-refractivity contribution in [2.75, 3.05) is 19.5 Å². The molecular weight excluding hydrogens is 292 g/mol. The first-order chi connectivity index (χ1) is 10.6. The van der Waals surface area contributed by atoms with Gasteiger partial charge in [-0.05, 0) is 24.3 Å². The molecule has 22 heavy (non-hydrogen) atoms. The monoisotopic (exact) mass is 304 g/mol. The van der Waals surface area contributed by atoms with Gasteiger partial charge in [-0.3, -0.25) is 10.1 Å². The largest absolute Gasteiger partial charge is 0.465 e. The average molecular weight is 304 g/mol. The number of nitro groups is 1. The van der Waals surface area contributed by atoms with Gasteiger partial charge in [0.15, 0.2) is 0 Å². The number of esters is 1. The molecule has 9 nitrogen and oxygen atoms in total. The van der Waals surface area contributed by atoms with E-state index in [0.29, 0.717) is 5.56 Å². The van der Waals surface area contributed by atoms with Gasteiger partial charge in [0.25, 0.3) is 0 Å². The van der Waals surface area contributed by atoms with Crippen molar-refractivity contribution in [3.63, 3.8) is 0 Å². The lowest BCUT2D eigenvalue weighted by Crippen LogP contribution is -2.03. The van der Waals surface area contributed by atoms with Crippen molar-refractivity contribution < 1.29 is 19.2 Å². The van der Waals surface area contributed by atoms with E-state index in [4.69, 9.17) is 4.74 Å². The maximum Gasteiger partial charge on any atom is 0.373 e. The molecule has 2 aromatic rings. The van der Waals surface area contributed by atoms with E-state index in [0.717, 1.165) is 6.33 Å². The lowest BCUT2D eigenvalue weighted by Gasteiger charge is -2.07. The molecule has 0 saturated heterocycles. The average Bonchev–Trinajstić information content (AvgIpc) is 2.54. The Morgan fingerprint density at radius 1 is 1.27 bits per heavy atom. The topological polar surface area (TPSA) is 116 Å². The maximum absolute atomic E-state index is 11.3. The van der Waals surface area contributed by atoms with Gasteiger partial charge in [-0.2, -0.15) is 4.98 Å². The maximum atomic E-state index is 11.3. The van der Waals surface area contributed by atoms with E-state index in [9.17, 15) is 14.9 Å². The third kappa shape index (κ3) is 3.08. The Morgan fingerprint density at radius 3 is 2.50 bits per heavy atom. The minimum Gasteiger partial charge on any atom is -0.465 e. The predicted molar refractivity (Wildman–Crippen MR) is 76.1 cm³/mol. The fourth-order valence-corrected chi connectivity index (χ4v) is 1.67. The molecule has 0 amide bonds. The second kappa shape index (κ2) is 6.48. The van der Waals surface area contributed by atoms with Crippen molar-refractivity contribution in [3.8, 4) is 11.6 Å². The molecule has 0 atom stereocenters. The normalized spacial score (nSPS) is 9.91. The molecule has 0 spiro atoms. The predicted octanol–water partition coefficient (Wildman–Crippen LogP) is 2.01. The number of rotatable bonds is 5. The molecule has 0 unspecified atom stereocenters. The molecule has 2 rings (SSSR count). The van der Waals surface area contributed by atoms with E-state index >= 15 is 0 Å². The number of methoxy groups -OCH3 is 1. The van der Waals surface area contributed by atoms with E-state index in [1.807, 2.05) is 0 Å². The first-order valence-corrected chi connectivity index (χ1v) is 6.10. The zero-order valence-corrected chi connectivity index (χ0v) is 11.8. The number of carbonyl (C=O) groups excluding carboxylic acids is 1. The minimum atomic E-state index is -0.635. The number of benzene rings is 1. The summed E-state index contributed by atoms with van der Waals surface area (Å²) in [7, 11) is 2.78. The van der Waals surface area contributed by atoms with Gasteiger partial charge in [-0.15, -0.1) is 0 Å². The lowest BCUT2D eigenvalue weighted by molar-refractivity contribution is -0.385. The van der Waals surface area contributed by atoms with Gasteiger partial charge in [0, 0.05) is 7.05 Å². The summed E-state index contributed by atoms with van der Waals surface area (Å²) in [4.78, 5) is 29.3. The van der Waals surface area contributed by atoms with Crippen LogP contribution >= 0.6 is 0 Å². The zero-order chi connectivity index (χ0) is 16.1. The molecule has 1 N–H and O–H groups in total. The van der Waals surface area contributed by atoms with E-state index in [1.54, 1.807) is 0 Å². The lowest BCUT2D eigenvalue weighted by atomic mass is 10.2. The summed E-state index contributed by atoms with van der Waals surface area (Å²) in [5, 5.41) is 13.7. The quantitative estimate of drug-likeness (QED) is 0.506. The fraction of sp³-hybridized carbons (Fsp3) is 0.154. The summed E-state index contributed by atoms with van der Waals surface area (Å²) in [5.74, 6) is -0.357. The Balaban J connectivity index is 2.31. The second-order valence-corrected chi connectivity index (χ2v) is 4.00. The number of nitrogens with zero attached hydrogens (tertiary/aromatic N) is 3. The zero-order valence-electron chi connectivity index (χ0n) is 11.8.